The van der Waals surface area contributed by atoms with Crippen molar-refractivity contribution in [1.29, 1.82) is 0 Å². The van der Waals surface area contributed by atoms with E-state index in [-0.39, 0.29) is 23.8 Å². The fourth-order valence-corrected chi connectivity index (χ4v) is 6.89. The number of sulfone groups is 1. The molecule has 0 bridgehead atoms. The minimum atomic E-state index is -4.01. The first-order valence-corrected chi connectivity index (χ1v) is 11.4. The number of ether oxygens (including phenoxy) is 2. The van der Waals surface area contributed by atoms with E-state index in [1.54, 1.807) is 26.0 Å². The van der Waals surface area contributed by atoms with Gasteiger partial charge in [-0.15, -0.1) is 0 Å². The summed E-state index contributed by atoms with van der Waals surface area (Å²) in [4.78, 5) is 10.7. The quantitative estimate of drug-likeness (QED) is 0.661. The van der Waals surface area contributed by atoms with Crippen molar-refractivity contribution in [3.05, 3.63) is 23.3 Å². The van der Waals surface area contributed by atoms with Gasteiger partial charge in [0.25, 0.3) is 0 Å². The molecule has 1 aromatic carbocycles. The molecule has 0 spiro atoms. The van der Waals surface area contributed by atoms with Crippen LogP contribution < -0.4 is 4.74 Å². The van der Waals surface area contributed by atoms with Gasteiger partial charge in [0.15, 0.2) is 9.84 Å². The van der Waals surface area contributed by atoms with Crippen molar-refractivity contribution in [2.24, 2.45) is 0 Å². The highest BCUT2D eigenvalue weighted by Gasteiger charge is 2.40. The van der Waals surface area contributed by atoms with Gasteiger partial charge in [-0.05, 0) is 37.1 Å². The van der Waals surface area contributed by atoms with Crippen molar-refractivity contribution < 1.29 is 36.2 Å². The van der Waals surface area contributed by atoms with Crippen LogP contribution in [0.5, 0.6) is 5.75 Å². The number of aryl methyl sites for hydroxylation is 2. The lowest BCUT2D eigenvalue weighted by Crippen LogP contribution is -2.53. The summed E-state index contributed by atoms with van der Waals surface area (Å²) in [5.41, 5.74) is 0.955. The Morgan fingerprint density at radius 1 is 1.30 bits per heavy atom. The Morgan fingerprint density at radius 2 is 1.89 bits per heavy atom. The van der Waals surface area contributed by atoms with E-state index >= 15 is 0 Å². The molecule has 0 unspecified atom stereocenters. The van der Waals surface area contributed by atoms with E-state index in [1.807, 2.05) is 0 Å². The van der Waals surface area contributed by atoms with Crippen LogP contribution in [0.4, 0.5) is 0 Å². The van der Waals surface area contributed by atoms with E-state index in [2.05, 4.69) is 0 Å². The number of hydrogen-bond donors (Lipinski definition) is 1. The number of sulfonamides is 1. The maximum Gasteiger partial charge on any atom is 0.329 e. The van der Waals surface area contributed by atoms with Gasteiger partial charge in [0, 0.05) is 6.54 Å². The molecule has 27 heavy (non-hydrogen) atoms. The lowest BCUT2D eigenvalue weighted by atomic mass is 10.1. The van der Waals surface area contributed by atoms with Gasteiger partial charge in [0.05, 0.1) is 36.2 Å². The lowest BCUT2D eigenvalue weighted by molar-refractivity contribution is -0.142. The van der Waals surface area contributed by atoms with Gasteiger partial charge in [-0.25, -0.2) is 21.6 Å². The minimum Gasteiger partial charge on any atom is -0.497 e. The molecule has 0 radical (unpaired) electrons. The number of aliphatic carboxylic acids is 1. The van der Waals surface area contributed by atoms with Gasteiger partial charge in [0.1, 0.15) is 12.4 Å². The summed E-state index contributed by atoms with van der Waals surface area (Å²) in [5, 5.41) is 8.68. The van der Waals surface area contributed by atoms with Crippen LogP contribution in [0.2, 0.25) is 0 Å². The molecule has 1 atom stereocenters. The molecule has 1 fully saturated rings. The fourth-order valence-electron chi connectivity index (χ4n) is 3.15. The fraction of sp³-hybridized carbons (Fsp3) is 0.562. The first kappa shape index (κ1) is 21.6. The summed E-state index contributed by atoms with van der Waals surface area (Å²) < 4.78 is 61.7. The number of carbonyl (C=O) groups is 1. The summed E-state index contributed by atoms with van der Waals surface area (Å²) in [6.07, 6.45) is 0. The van der Waals surface area contributed by atoms with Crippen LogP contribution in [0.15, 0.2) is 17.0 Å². The van der Waals surface area contributed by atoms with Crippen molar-refractivity contribution >= 4 is 25.8 Å². The molecule has 0 aliphatic carbocycles. The SMILES string of the molecule is COc1cc(C)c(S(=O)(=O)N2CCS(=O)(=O)C[C@H]2COCC(=O)O)c(C)c1. The van der Waals surface area contributed by atoms with Crippen molar-refractivity contribution in [2.45, 2.75) is 24.8 Å². The normalized spacial score (nSPS) is 20.3. The highest BCUT2D eigenvalue weighted by Crippen LogP contribution is 2.30. The zero-order chi connectivity index (χ0) is 20.4. The van der Waals surface area contributed by atoms with Crippen LogP contribution in [-0.4, -0.2) is 76.6 Å². The number of benzene rings is 1. The highest BCUT2D eigenvalue weighted by atomic mass is 32.2. The number of nitrogens with zero attached hydrogens (tertiary/aromatic N) is 1. The molecule has 1 heterocycles. The molecule has 0 saturated carbocycles. The van der Waals surface area contributed by atoms with Crippen molar-refractivity contribution in [1.82, 2.24) is 4.31 Å². The number of carboxylic acid groups (broad SMARTS) is 1. The standard InChI is InChI=1S/C16H23NO8S2/c1-11-6-14(24-3)7-12(2)16(11)27(22,23)17-4-5-26(20,21)10-13(17)8-25-9-15(18)19/h6-7,13H,4-5,8-10H2,1-3H3,(H,18,19)/t13-/m1/s1. The number of hydrogen-bond acceptors (Lipinski definition) is 7. The first-order valence-electron chi connectivity index (χ1n) is 8.15. The van der Waals surface area contributed by atoms with Gasteiger partial charge in [-0.2, -0.15) is 4.31 Å². The third-order valence-corrected chi connectivity index (χ3v) is 8.20. The predicted octanol–water partition coefficient (Wildman–Crippen LogP) is 0.201. The highest BCUT2D eigenvalue weighted by molar-refractivity contribution is 7.92. The summed E-state index contributed by atoms with van der Waals surface area (Å²) >= 11 is 0. The number of carboxylic acids is 1. The molecule has 0 amide bonds. The Hall–Kier alpha value is -1.69. The van der Waals surface area contributed by atoms with E-state index in [1.165, 1.54) is 7.11 Å². The van der Waals surface area contributed by atoms with Crippen LogP contribution >= 0.6 is 0 Å². The Bertz CT molecular complexity index is 901. The summed E-state index contributed by atoms with van der Waals surface area (Å²) in [6.45, 7) is 2.11. The maximum absolute atomic E-state index is 13.3. The zero-order valence-corrected chi connectivity index (χ0v) is 17.0. The van der Waals surface area contributed by atoms with E-state index in [0.29, 0.717) is 16.9 Å². The topological polar surface area (TPSA) is 127 Å². The Kier molecular flexibility index (Phi) is 6.51. The third kappa shape index (κ3) is 4.98. The second-order valence-electron chi connectivity index (χ2n) is 6.38. The molecule has 1 saturated heterocycles. The molecule has 0 aromatic heterocycles. The number of rotatable bonds is 7. The Balaban J connectivity index is 2.40. The van der Waals surface area contributed by atoms with Crippen LogP contribution in [-0.2, 0) is 29.4 Å². The van der Waals surface area contributed by atoms with Gasteiger partial charge in [0.2, 0.25) is 10.0 Å². The van der Waals surface area contributed by atoms with Crippen molar-refractivity contribution in [3.8, 4) is 5.75 Å². The van der Waals surface area contributed by atoms with Crippen LogP contribution in [0.3, 0.4) is 0 Å². The summed E-state index contributed by atoms with van der Waals surface area (Å²) in [6, 6.07) is 2.20. The van der Waals surface area contributed by atoms with Crippen LogP contribution in [0.25, 0.3) is 0 Å². The second kappa shape index (κ2) is 8.13. The Morgan fingerprint density at radius 3 is 2.41 bits per heavy atom. The average molecular weight is 421 g/mol. The van der Waals surface area contributed by atoms with Gasteiger partial charge >= 0.3 is 5.97 Å². The zero-order valence-electron chi connectivity index (χ0n) is 15.3. The molecular formula is C16H23NO8S2. The van der Waals surface area contributed by atoms with E-state index < -0.39 is 44.2 Å². The van der Waals surface area contributed by atoms with Crippen molar-refractivity contribution in [3.63, 3.8) is 0 Å². The monoisotopic (exact) mass is 421 g/mol. The van der Waals surface area contributed by atoms with Crippen LogP contribution in [0, 0.1) is 13.8 Å². The van der Waals surface area contributed by atoms with Crippen molar-refractivity contribution in [2.75, 3.05) is 38.4 Å². The lowest BCUT2D eigenvalue weighted by Gasteiger charge is -2.34. The molecule has 1 aromatic rings. The van der Waals surface area contributed by atoms with Crippen LogP contribution in [0.1, 0.15) is 11.1 Å². The molecule has 11 heteroatoms. The van der Waals surface area contributed by atoms with E-state index in [0.717, 1.165) is 4.31 Å². The molecule has 1 N–H and O–H groups in total. The maximum atomic E-state index is 13.3. The molecular weight excluding hydrogens is 398 g/mol. The second-order valence-corrected chi connectivity index (χ2v) is 10.4. The molecule has 152 valence electrons. The number of methoxy groups -OCH3 is 1. The largest absolute Gasteiger partial charge is 0.497 e. The summed E-state index contributed by atoms with van der Waals surface area (Å²) in [5.74, 6) is -1.41. The van der Waals surface area contributed by atoms with Gasteiger partial charge in [-0.1, -0.05) is 0 Å². The smallest absolute Gasteiger partial charge is 0.329 e. The van der Waals surface area contributed by atoms with E-state index in [9.17, 15) is 21.6 Å². The van der Waals surface area contributed by atoms with Gasteiger partial charge < -0.3 is 14.6 Å². The summed E-state index contributed by atoms with van der Waals surface area (Å²) in [7, 11) is -5.98. The molecule has 9 nitrogen and oxygen atoms in total. The average Bonchev–Trinajstić information content (AvgIpc) is 2.52. The molecule has 1 aliphatic rings. The first-order chi connectivity index (χ1) is 12.5. The molecule has 2 rings (SSSR count). The van der Waals surface area contributed by atoms with E-state index in [4.69, 9.17) is 14.6 Å². The minimum absolute atomic E-state index is 0.0887. The third-order valence-electron chi connectivity index (χ3n) is 4.25. The van der Waals surface area contributed by atoms with Gasteiger partial charge in [-0.3, -0.25) is 0 Å². The molecule has 1 aliphatic heterocycles. The predicted molar refractivity (Wildman–Crippen MR) is 97.3 cm³/mol. The Labute approximate surface area is 158 Å².